The van der Waals surface area contributed by atoms with Crippen LogP contribution in [0, 0.1) is 6.92 Å². The van der Waals surface area contributed by atoms with Gasteiger partial charge < -0.3 is 9.64 Å². The van der Waals surface area contributed by atoms with Crippen LogP contribution >= 0.6 is 27.7 Å². The van der Waals surface area contributed by atoms with Crippen molar-refractivity contribution in [1.82, 2.24) is 19.5 Å². The summed E-state index contributed by atoms with van der Waals surface area (Å²) in [4.78, 5) is 14.4. The van der Waals surface area contributed by atoms with Crippen molar-refractivity contribution < 1.29 is 9.53 Å². The first-order chi connectivity index (χ1) is 14.5. The van der Waals surface area contributed by atoms with Crippen molar-refractivity contribution in [3.63, 3.8) is 0 Å². The molecule has 154 valence electrons. The molecule has 0 radical (unpaired) electrons. The van der Waals surface area contributed by atoms with Gasteiger partial charge in [-0.05, 0) is 42.3 Å². The van der Waals surface area contributed by atoms with Crippen LogP contribution in [0.25, 0.3) is 16.6 Å². The number of methoxy groups -OCH3 is 1. The normalized spacial score (nSPS) is 11.2. The maximum Gasteiger partial charge on any atom is 0.233 e. The zero-order chi connectivity index (χ0) is 21.3. The number of rotatable bonds is 6. The third kappa shape index (κ3) is 4.02. The van der Waals surface area contributed by atoms with Gasteiger partial charge >= 0.3 is 0 Å². The van der Waals surface area contributed by atoms with Crippen LogP contribution in [-0.2, 0) is 11.3 Å². The van der Waals surface area contributed by atoms with Gasteiger partial charge in [-0.2, -0.15) is 0 Å². The number of halogens is 1. The zero-order valence-electron chi connectivity index (χ0n) is 16.9. The smallest absolute Gasteiger partial charge is 0.233 e. The Hall–Kier alpha value is -2.58. The fourth-order valence-corrected chi connectivity index (χ4v) is 4.63. The maximum atomic E-state index is 12.7. The minimum atomic E-state index is 0.0292. The van der Waals surface area contributed by atoms with Crippen molar-refractivity contribution in [2.45, 2.75) is 18.6 Å². The van der Waals surface area contributed by atoms with Crippen molar-refractivity contribution in [2.75, 3.05) is 19.9 Å². The lowest BCUT2D eigenvalue weighted by Gasteiger charge is -2.17. The molecule has 0 fully saturated rings. The molecule has 2 aromatic carbocycles. The number of thioether (sulfide) groups is 1. The van der Waals surface area contributed by atoms with Gasteiger partial charge in [-0.3, -0.25) is 9.20 Å². The van der Waals surface area contributed by atoms with Crippen LogP contribution in [0.1, 0.15) is 11.1 Å². The second-order valence-electron chi connectivity index (χ2n) is 7.02. The molecule has 4 rings (SSSR count). The van der Waals surface area contributed by atoms with Gasteiger partial charge in [0.05, 0.1) is 18.4 Å². The Kier molecular flexibility index (Phi) is 5.97. The fraction of sp³-hybridized carbons (Fsp3) is 0.227. The van der Waals surface area contributed by atoms with Crippen LogP contribution in [0.15, 0.2) is 58.2 Å². The minimum absolute atomic E-state index is 0.0292. The molecule has 0 spiro atoms. The van der Waals surface area contributed by atoms with Gasteiger partial charge in [0.2, 0.25) is 5.91 Å². The molecule has 2 heterocycles. The van der Waals surface area contributed by atoms with Gasteiger partial charge in [-0.1, -0.05) is 45.9 Å². The van der Waals surface area contributed by atoms with Gasteiger partial charge in [0.15, 0.2) is 10.8 Å². The number of nitrogens with zero attached hydrogens (tertiary/aromatic N) is 4. The summed E-state index contributed by atoms with van der Waals surface area (Å²) < 4.78 is 8.38. The Morgan fingerprint density at radius 2 is 2.00 bits per heavy atom. The molecule has 0 unspecified atom stereocenters. The number of aromatic nitrogens is 3. The van der Waals surface area contributed by atoms with E-state index in [1.165, 1.54) is 11.8 Å². The second kappa shape index (κ2) is 8.65. The first-order valence-electron chi connectivity index (χ1n) is 9.40. The van der Waals surface area contributed by atoms with Gasteiger partial charge in [0.1, 0.15) is 5.75 Å². The number of hydrogen-bond acceptors (Lipinski definition) is 5. The van der Waals surface area contributed by atoms with E-state index < -0.39 is 0 Å². The Bertz CT molecular complexity index is 1240. The summed E-state index contributed by atoms with van der Waals surface area (Å²) in [5.41, 5.74) is 3.91. The van der Waals surface area contributed by atoms with Crippen molar-refractivity contribution in [1.29, 1.82) is 0 Å². The molecule has 0 N–H and O–H groups in total. The van der Waals surface area contributed by atoms with Crippen LogP contribution in [0.3, 0.4) is 0 Å². The molecule has 30 heavy (non-hydrogen) atoms. The van der Waals surface area contributed by atoms with Gasteiger partial charge in [-0.15, -0.1) is 10.2 Å². The number of ether oxygens (including phenoxy) is 1. The quantitative estimate of drug-likeness (QED) is 0.370. The molecule has 2 aromatic heterocycles. The highest BCUT2D eigenvalue weighted by molar-refractivity contribution is 9.10. The van der Waals surface area contributed by atoms with Crippen LogP contribution in [-0.4, -0.2) is 45.3 Å². The van der Waals surface area contributed by atoms with Crippen molar-refractivity contribution in [3.05, 3.63) is 64.1 Å². The van der Waals surface area contributed by atoms with Crippen molar-refractivity contribution >= 4 is 50.1 Å². The summed E-state index contributed by atoms with van der Waals surface area (Å²) in [7, 11) is 3.46. The number of benzene rings is 2. The molecule has 0 bridgehead atoms. The highest BCUT2D eigenvalue weighted by Crippen LogP contribution is 2.29. The summed E-state index contributed by atoms with van der Waals surface area (Å²) >= 11 is 4.92. The third-order valence-electron chi connectivity index (χ3n) is 4.99. The van der Waals surface area contributed by atoms with E-state index in [-0.39, 0.29) is 11.7 Å². The largest absolute Gasteiger partial charge is 0.497 e. The fourth-order valence-electron chi connectivity index (χ4n) is 3.33. The zero-order valence-corrected chi connectivity index (χ0v) is 19.3. The number of aryl methyl sites for hydroxylation is 1. The van der Waals surface area contributed by atoms with E-state index in [0.717, 1.165) is 37.9 Å². The molecule has 8 heteroatoms. The number of carbonyl (C=O) groups excluding carboxylic acids is 1. The molecule has 0 saturated carbocycles. The molecule has 6 nitrogen and oxygen atoms in total. The average Bonchev–Trinajstić information content (AvgIpc) is 3.16. The summed E-state index contributed by atoms with van der Waals surface area (Å²) in [5, 5.41) is 10.4. The predicted molar refractivity (Wildman–Crippen MR) is 123 cm³/mol. The number of hydrogen-bond donors (Lipinski definition) is 0. The summed E-state index contributed by atoms with van der Waals surface area (Å²) in [5.74, 6) is 1.07. The number of carbonyl (C=O) groups is 1. The Morgan fingerprint density at radius 1 is 1.20 bits per heavy atom. The number of pyridine rings is 1. The molecule has 0 atom stereocenters. The van der Waals surface area contributed by atoms with Gasteiger partial charge in [0.25, 0.3) is 0 Å². The van der Waals surface area contributed by atoms with E-state index >= 15 is 0 Å². The first kappa shape index (κ1) is 20.7. The minimum Gasteiger partial charge on any atom is -0.497 e. The Labute approximate surface area is 187 Å². The highest BCUT2D eigenvalue weighted by atomic mass is 79.9. The van der Waals surface area contributed by atoms with E-state index in [2.05, 4.69) is 33.1 Å². The first-order valence-corrected chi connectivity index (χ1v) is 11.2. The number of amides is 1. The lowest BCUT2D eigenvalue weighted by Crippen LogP contribution is -2.28. The van der Waals surface area contributed by atoms with Crippen LogP contribution in [0.4, 0.5) is 0 Å². The molecule has 0 saturated heterocycles. The summed E-state index contributed by atoms with van der Waals surface area (Å²) in [6.07, 6.45) is 0. The van der Waals surface area contributed by atoms with E-state index in [9.17, 15) is 4.79 Å². The third-order valence-corrected chi connectivity index (χ3v) is 6.68. The van der Waals surface area contributed by atoms with E-state index in [0.29, 0.717) is 11.7 Å². The molecule has 0 aliphatic rings. The lowest BCUT2D eigenvalue weighted by molar-refractivity contribution is -0.127. The average molecular weight is 485 g/mol. The molecule has 1 amide bonds. The SMILES string of the molecule is COc1ccc2c(C)cc3nnc(SCC(=O)N(C)Cc4ccccc4Br)n3c2c1. The molecule has 0 aliphatic heterocycles. The molecular formula is C22H21BrN4O2S. The summed E-state index contributed by atoms with van der Waals surface area (Å²) in [6, 6.07) is 15.9. The van der Waals surface area contributed by atoms with Crippen molar-refractivity contribution in [2.24, 2.45) is 0 Å². The maximum absolute atomic E-state index is 12.7. The van der Waals surface area contributed by atoms with E-state index in [1.54, 1.807) is 12.0 Å². The van der Waals surface area contributed by atoms with Crippen molar-refractivity contribution in [3.8, 4) is 5.75 Å². The predicted octanol–water partition coefficient (Wildman–Crippen LogP) is 4.71. The lowest BCUT2D eigenvalue weighted by atomic mass is 10.1. The Balaban J connectivity index is 1.57. The molecule has 4 aromatic rings. The monoisotopic (exact) mass is 484 g/mol. The van der Waals surface area contributed by atoms with Crippen LogP contribution in [0.5, 0.6) is 5.75 Å². The van der Waals surface area contributed by atoms with E-state index in [1.807, 2.05) is 60.0 Å². The standard InChI is InChI=1S/C22H21BrN4O2S/c1-14-10-20-24-25-22(27(20)19-11-16(29-3)8-9-17(14)19)30-13-21(28)26(2)12-15-6-4-5-7-18(15)23/h4-11H,12-13H2,1-3H3. The molecular weight excluding hydrogens is 464 g/mol. The highest BCUT2D eigenvalue weighted by Gasteiger charge is 2.16. The topological polar surface area (TPSA) is 59.7 Å². The molecule has 0 aliphatic carbocycles. The van der Waals surface area contributed by atoms with Gasteiger partial charge in [0, 0.05) is 29.5 Å². The van der Waals surface area contributed by atoms with Gasteiger partial charge in [-0.25, -0.2) is 0 Å². The van der Waals surface area contributed by atoms with Crippen LogP contribution < -0.4 is 4.74 Å². The number of fused-ring (bicyclic) bond motifs is 3. The van der Waals surface area contributed by atoms with Crippen LogP contribution in [0.2, 0.25) is 0 Å². The summed E-state index contributed by atoms with van der Waals surface area (Å²) in [6.45, 7) is 2.59. The Morgan fingerprint density at radius 3 is 2.77 bits per heavy atom. The van der Waals surface area contributed by atoms with E-state index in [4.69, 9.17) is 4.74 Å². The second-order valence-corrected chi connectivity index (χ2v) is 8.81.